The number of carbonyl (C=O) groups excluding carboxylic acids is 1. The van der Waals surface area contributed by atoms with E-state index < -0.39 is 11.6 Å². The van der Waals surface area contributed by atoms with Crippen LogP contribution in [0.2, 0.25) is 0 Å². The number of aliphatic hydroxyl groups is 1. The van der Waals surface area contributed by atoms with Crippen LogP contribution in [-0.2, 0) is 4.79 Å². The normalized spacial score (nSPS) is 12.9. The van der Waals surface area contributed by atoms with Gasteiger partial charge in [-0.25, -0.2) is 4.79 Å². The summed E-state index contributed by atoms with van der Waals surface area (Å²) in [5.41, 5.74) is -0.823. The predicted octanol–water partition coefficient (Wildman–Crippen LogP) is 0.700. The lowest BCUT2D eigenvalue weighted by Gasteiger charge is -2.22. The van der Waals surface area contributed by atoms with Crippen LogP contribution in [0.15, 0.2) is 0 Å². The van der Waals surface area contributed by atoms with E-state index in [9.17, 15) is 14.7 Å². The van der Waals surface area contributed by atoms with E-state index in [4.69, 9.17) is 5.11 Å². The van der Waals surface area contributed by atoms with Crippen LogP contribution < -0.4 is 10.6 Å². The fourth-order valence-corrected chi connectivity index (χ4v) is 1.52. The Labute approximate surface area is 101 Å². The van der Waals surface area contributed by atoms with Gasteiger partial charge in [0.1, 0.15) is 0 Å². The van der Waals surface area contributed by atoms with Gasteiger partial charge in [0, 0.05) is 19.0 Å². The molecule has 0 spiro atoms. The molecule has 0 aromatic rings. The summed E-state index contributed by atoms with van der Waals surface area (Å²) < 4.78 is 0. The second kappa shape index (κ2) is 7.11. The zero-order valence-corrected chi connectivity index (χ0v) is 10.6. The summed E-state index contributed by atoms with van der Waals surface area (Å²) in [6.07, 6.45) is 0.900. The molecular formula is C11H22N2O4. The molecule has 0 radical (unpaired) electrons. The van der Waals surface area contributed by atoms with Crippen molar-refractivity contribution in [3.05, 3.63) is 0 Å². The quantitative estimate of drug-likeness (QED) is 0.497. The Balaban J connectivity index is 3.68. The molecule has 17 heavy (non-hydrogen) atoms. The topological polar surface area (TPSA) is 98.7 Å². The van der Waals surface area contributed by atoms with E-state index in [1.807, 2.05) is 0 Å². The molecule has 0 fully saturated rings. The first-order valence-electron chi connectivity index (χ1n) is 5.69. The van der Waals surface area contributed by atoms with Crippen molar-refractivity contribution in [2.45, 2.75) is 51.7 Å². The van der Waals surface area contributed by atoms with Crippen molar-refractivity contribution < 1.29 is 19.8 Å². The van der Waals surface area contributed by atoms with Gasteiger partial charge in [-0.3, -0.25) is 4.79 Å². The molecule has 2 amide bonds. The van der Waals surface area contributed by atoms with Gasteiger partial charge < -0.3 is 20.8 Å². The summed E-state index contributed by atoms with van der Waals surface area (Å²) in [5, 5.41) is 23.2. The highest BCUT2D eigenvalue weighted by Gasteiger charge is 2.18. The van der Waals surface area contributed by atoms with Crippen LogP contribution in [0.3, 0.4) is 0 Å². The third-order valence-electron chi connectivity index (χ3n) is 2.04. The summed E-state index contributed by atoms with van der Waals surface area (Å²) in [6, 6.07) is -0.485. The van der Waals surface area contributed by atoms with Crippen LogP contribution in [0.25, 0.3) is 0 Å². The molecule has 0 aromatic heterocycles. The van der Waals surface area contributed by atoms with Gasteiger partial charge in [-0.15, -0.1) is 0 Å². The SMILES string of the molecule is CC(CC(C)(C)O)NC(=O)NCCCC(=O)O. The number of nitrogens with one attached hydrogen (secondary N) is 2. The Morgan fingerprint density at radius 3 is 2.41 bits per heavy atom. The van der Waals surface area contributed by atoms with Crippen LogP contribution in [0.4, 0.5) is 4.79 Å². The van der Waals surface area contributed by atoms with E-state index in [1.165, 1.54) is 0 Å². The molecular weight excluding hydrogens is 224 g/mol. The molecule has 0 heterocycles. The Bertz CT molecular complexity index is 261. The van der Waals surface area contributed by atoms with E-state index in [1.54, 1.807) is 20.8 Å². The molecule has 0 saturated carbocycles. The Hall–Kier alpha value is -1.30. The van der Waals surface area contributed by atoms with Crippen LogP contribution in [0, 0.1) is 0 Å². The molecule has 4 N–H and O–H groups in total. The first-order valence-corrected chi connectivity index (χ1v) is 5.69. The number of hydrogen-bond donors (Lipinski definition) is 4. The second-order valence-corrected chi connectivity index (χ2v) is 4.82. The van der Waals surface area contributed by atoms with Crippen molar-refractivity contribution in [1.82, 2.24) is 10.6 Å². The number of hydrogen-bond acceptors (Lipinski definition) is 3. The van der Waals surface area contributed by atoms with E-state index in [2.05, 4.69) is 10.6 Å². The van der Waals surface area contributed by atoms with E-state index in [-0.39, 0.29) is 18.5 Å². The highest BCUT2D eigenvalue weighted by Crippen LogP contribution is 2.09. The summed E-state index contributed by atoms with van der Waals surface area (Å²) >= 11 is 0. The molecule has 0 aliphatic heterocycles. The average Bonchev–Trinajstić information content (AvgIpc) is 2.08. The van der Waals surface area contributed by atoms with Gasteiger partial charge in [0.15, 0.2) is 0 Å². The van der Waals surface area contributed by atoms with Crippen molar-refractivity contribution in [3.8, 4) is 0 Å². The summed E-state index contributed by atoms with van der Waals surface area (Å²) in [7, 11) is 0. The Kier molecular flexibility index (Phi) is 6.57. The summed E-state index contributed by atoms with van der Waals surface area (Å²) in [6.45, 7) is 5.48. The Morgan fingerprint density at radius 2 is 1.94 bits per heavy atom. The highest BCUT2D eigenvalue weighted by atomic mass is 16.4. The van der Waals surface area contributed by atoms with E-state index in [0.717, 1.165) is 0 Å². The molecule has 0 bridgehead atoms. The van der Waals surface area contributed by atoms with Crippen LogP contribution in [0.1, 0.15) is 40.0 Å². The first-order chi connectivity index (χ1) is 7.70. The molecule has 0 saturated heterocycles. The maximum atomic E-state index is 11.3. The number of carboxylic acids is 1. The highest BCUT2D eigenvalue weighted by molar-refractivity contribution is 5.74. The minimum Gasteiger partial charge on any atom is -0.481 e. The minimum absolute atomic E-state index is 0.0412. The van der Waals surface area contributed by atoms with Crippen molar-refractivity contribution in [1.29, 1.82) is 0 Å². The number of rotatable bonds is 7. The number of urea groups is 1. The van der Waals surface area contributed by atoms with Gasteiger partial charge in [0.2, 0.25) is 0 Å². The molecule has 100 valence electrons. The van der Waals surface area contributed by atoms with Gasteiger partial charge >= 0.3 is 12.0 Å². The molecule has 0 aliphatic rings. The fraction of sp³-hybridized carbons (Fsp3) is 0.818. The van der Waals surface area contributed by atoms with Crippen molar-refractivity contribution in [2.75, 3.05) is 6.54 Å². The third-order valence-corrected chi connectivity index (χ3v) is 2.04. The lowest BCUT2D eigenvalue weighted by Crippen LogP contribution is -2.43. The minimum atomic E-state index is -0.873. The molecule has 0 rings (SSSR count). The van der Waals surface area contributed by atoms with Crippen LogP contribution >= 0.6 is 0 Å². The number of carboxylic acid groups (broad SMARTS) is 1. The predicted molar refractivity (Wildman–Crippen MR) is 63.8 cm³/mol. The van der Waals surface area contributed by atoms with Gasteiger partial charge in [0.05, 0.1) is 5.60 Å². The molecule has 1 unspecified atom stereocenters. The first kappa shape index (κ1) is 15.7. The lowest BCUT2D eigenvalue weighted by atomic mass is 10.0. The van der Waals surface area contributed by atoms with Crippen LogP contribution in [0.5, 0.6) is 0 Å². The molecule has 0 aromatic carbocycles. The third kappa shape index (κ3) is 11.0. The second-order valence-electron chi connectivity index (χ2n) is 4.82. The zero-order chi connectivity index (χ0) is 13.5. The molecule has 1 atom stereocenters. The van der Waals surface area contributed by atoms with Crippen molar-refractivity contribution >= 4 is 12.0 Å². The van der Waals surface area contributed by atoms with Gasteiger partial charge in [-0.2, -0.15) is 0 Å². The average molecular weight is 246 g/mol. The number of amides is 2. The monoisotopic (exact) mass is 246 g/mol. The van der Waals surface area contributed by atoms with Gasteiger partial charge in [-0.1, -0.05) is 0 Å². The molecule has 6 nitrogen and oxygen atoms in total. The molecule has 0 aliphatic carbocycles. The van der Waals surface area contributed by atoms with Crippen molar-refractivity contribution in [3.63, 3.8) is 0 Å². The fourth-order valence-electron chi connectivity index (χ4n) is 1.52. The van der Waals surface area contributed by atoms with Crippen LogP contribution in [-0.4, -0.2) is 40.4 Å². The van der Waals surface area contributed by atoms with Gasteiger partial charge in [-0.05, 0) is 33.6 Å². The zero-order valence-electron chi connectivity index (χ0n) is 10.6. The number of carbonyl (C=O) groups is 2. The largest absolute Gasteiger partial charge is 0.481 e. The standard InChI is InChI=1S/C11H22N2O4/c1-8(7-11(2,3)17)13-10(16)12-6-4-5-9(14)15/h8,17H,4-7H2,1-3H3,(H,14,15)(H2,12,13,16). The Morgan fingerprint density at radius 1 is 1.35 bits per heavy atom. The van der Waals surface area contributed by atoms with E-state index >= 15 is 0 Å². The van der Waals surface area contributed by atoms with E-state index in [0.29, 0.717) is 19.4 Å². The maximum Gasteiger partial charge on any atom is 0.314 e. The maximum absolute atomic E-state index is 11.3. The number of aliphatic carboxylic acids is 1. The lowest BCUT2D eigenvalue weighted by molar-refractivity contribution is -0.137. The smallest absolute Gasteiger partial charge is 0.314 e. The summed E-state index contributed by atoms with van der Waals surface area (Å²) in [4.78, 5) is 21.6. The summed E-state index contributed by atoms with van der Waals surface area (Å²) in [5.74, 6) is -0.873. The van der Waals surface area contributed by atoms with Gasteiger partial charge in [0.25, 0.3) is 0 Å². The molecule has 6 heteroatoms. The van der Waals surface area contributed by atoms with Crippen molar-refractivity contribution in [2.24, 2.45) is 0 Å².